The maximum absolute atomic E-state index is 10.3. The molecule has 58 valence electrons. The fraction of sp³-hybridized carbons (Fsp3) is 0.571. The van der Waals surface area contributed by atoms with Gasteiger partial charge in [-0.05, 0) is 6.42 Å². The summed E-state index contributed by atoms with van der Waals surface area (Å²) in [6.45, 7) is 6.16. The molecule has 0 atom stereocenters. The first kappa shape index (κ1) is 9.01. The fourth-order valence-electron chi connectivity index (χ4n) is 0.503. The van der Waals surface area contributed by atoms with Crippen molar-refractivity contribution >= 4 is 5.91 Å². The van der Waals surface area contributed by atoms with Gasteiger partial charge in [0, 0.05) is 13.5 Å². The van der Waals surface area contributed by atoms with Crippen molar-refractivity contribution in [3.8, 4) is 0 Å². The van der Waals surface area contributed by atoms with Crippen LogP contribution in [0.4, 0.5) is 0 Å². The van der Waals surface area contributed by atoms with Gasteiger partial charge in [0.2, 0.25) is 5.91 Å². The summed E-state index contributed by atoms with van der Waals surface area (Å²) >= 11 is 0. The minimum Gasteiger partial charge on any atom is -0.502 e. The van der Waals surface area contributed by atoms with E-state index in [4.69, 9.17) is 4.74 Å². The van der Waals surface area contributed by atoms with Crippen molar-refractivity contribution in [2.45, 2.75) is 13.3 Å². The lowest BCUT2D eigenvalue weighted by atomic mass is 10.4. The van der Waals surface area contributed by atoms with Crippen molar-refractivity contribution in [1.29, 1.82) is 0 Å². The standard InChI is InChI=1S/C7H13NO2/c1-3-10-6-4-5-8-7(2)9/h3H,1,4-6H2,2H3,(H,8,9). The molecule has 10 heavy (non-hydrogen) atoms. The summed E-state index contributed by atoms with van der Waals surface area (Å²) in [5, 5.41) is 2.65. The van der Waals surface area contributed by atoms with E-state index in [1.54, 1.807) is 0 Å². The Labute approximate surface area is 61.1 Å². The van der Waals surface area contributed by atoms with Gasteiger partial charge in [-0.2, -0.15) is 0 Å². The first-order valence-electron chi connectivity index (χ1n) is 3.24. The number of hydrogen-bond donors (Lipinski definition) is 1. The highest BCUT2D eigenvalue weighted by molar-refractivity contribution is 5.72. The lowest BCUT2D eigenvalue weighted by molar-refractivity contribution is -0.118. The van der Waals surface area contributed by atoms with Crippen molar-refractivity contribution in [2.75, 3.05) is 13.2 Å². The molecular formula is C7H13NO2. The molecule has 0 saturated carbocycles. The summed E-state index contributed by atoms with van der Waals surface area (Å²) in [5.41, 5.74) is 0. The highest BCUT2D eigenvalue weighted by Gasteiger charge is 1.88. The third-order valence-corrected chi connectivity index (χ3v) is 0.931. The van der Waals surface area contributed by atoms with Crippen LogP contribution < -0.4 is 5.32 Å². The Hall–Kier alpha value is -0.990. The summed E-state index contributed by atoms with van der Waals surface area (Å²) in [4.78, 5) is 10.3. The van der Waals surface area contributed by atoms with Gasteiger partial charge in [0.25, 0.3) is 0 Å². The molecule has 0 aliphatic heterocycles. The van der Waals surface area contributed by atoms with Gasteiger partial charge in [-0.15, -0.1) is 0 Å². The first-order chi connectivity index (χ1) is 4.77. The quantitative estimate of drug-likeness (QED) is 0.454. The molecule has 0 unspecified atom stereocenters. The summed E-state index contributed by atoms with van der Waals surface area (Å²) in [7, 11) is 0. The molecular weight excluding hydrogens is 130 g/mol. The van der Waals surface area contributed by atoms with E-state index in [9.17, 15) is 4.79 Å². The zero-order chi connectivity index (χ0) is 7.82. The van der Waals surface area contributed by atoms with Gasteiger partial charge >= 0.3 is 0 Å². The van der Waals surface area contributed by atoms with Crippen LogP contribution in [-0.2, 0) is 9.53 Å². The maximum atomic E-state index is 10.3. The zero-order valence-corrected chi connectivity index (χ0v) is 6.22. The normalized spacial score (nSPS) is 8.50. The second-order valence-corrected chi connectivity index (χ2v) is 1.87. The van der Waals surface area contributed by atoms with Crippen LogP contribution in [0.1, 0.15) is 13.3 Å². The molecule has 0 aromatic carbocycles. The second-order valence-electron chi connectivity index (χ2n) is 1.87. The molecule has 0 fully saturated rings. The van der Waals surface area contributed by atoms with Crippen LogP contribution >= 0.6 is 0 Å². The van der Waals surface area contributed by atoms with Gasteiger partial charge in [0.05, 0.1) is 12.9 Å². The third kappa shape index (κ3) is 7.01. The minimum absolute atomic E-state index is 0.00129. The molecule has 0 aliphatic rings. The van der Waals surface area contributed by atoms with Crippen LogP contribution in [0.25, 0.3) is 0 Å². The molecule has 0 heterocycles. The monoisotopic (exact) mass is 143 g/mol. The van der Waals surface area contributed by atoms with Crippen molar-refractivity contribution < 1.29 is 9.53 Å². The average Bonchev–Trinajstić information content (AvgIpc) is 1.87. The van der Waals surface area contributed by atoms with Gasteiger partial charge in [-0.25, -0.2) is 0 Å². The molecule has 0 aromatic heterocycles. The van der Waals surface area contributed by atoms with E-state index in [1.807, 2.05) is 0 Å². The molecule has 0 rings (SSSR count). The molecule has 3 heteroatoms. The molecule has 0 aromatic rings. The smallest absolute Gasteiger partial charge is 0.216 e. The van der Waals surface area contributed by atoms with Crippen molar-refractivity contribution in [2.24, 2.45) is 0 Å². The van der Waals surface area contributed by atoms with Crippen LogP contribution in [0.2, 0.25) is 0 Å². The zero-order valence-electron chi connectivity index (χ0n) is 6.22. The molecule has 1 N–H and O–H groups in total. The summed E-state index contributed by atoms with van der Waals surface area (Å²) in [5.74, 6) is -0.00129. The van der Waals surface area contributed by atoms with Crippen LogP contribution in [0.3, 0.4) is 0 Å². The number of carbonyl (C=O) groups is 1. The van der Waals surface area contributed by atoms with Crippen LogP contribution in [0.15, 0.2) is 12.8 Å². The van der Waals surface area contributed by atoms with E-state index >= 15 is 0 Å². The van der Waals surface area contributed by atoms with E-state index in [2.05, 4.69) is 11.9 Å². The molecule has 0 bridgehead atoms. The molecule has 0 saturated heterocycles. The Kier molecular flexibility index (Phi) is 5.53. The first-order valence-corrected chi connectivity index (χ1v) is 3.24. The van der Waals surface area contributed by atoms with Crippen molar-refractivity contribution in [3.05, 3.63) is 12.8 Å². The highest BCUT2D eigenvalue weighted by Crippen LogP contribution is 1.79. The van der Waals surface area contributed by atoms with E-state index in [-0.39, 0.29) is 5.91 Å². The Balaban J connectivity index is 2.90. The lowest BCUT2D eigenvalue weighted by Gasteiger charge is -2.00. The third-order valence-electron chi connectivity index (χ3n) is 0.931. The largest absolute Gasteiger partial charge is 0.502 e. The number of rotatable bonds is 5. The number of hydrogen-bond acceptors (Lipinski definition) is 2. The Morgan fingerprint density at radius 3 is 3.00 bits per heavy atom. The van der Waals surface area contributed by atoms with Crippen LogP contribution in [0.5, 0.6) is 0 Å². The van der Waals surface area contributed by atoms with Gasteiger partial charge in [0.15, 0.2) is 0 Å². The van der Waals surface area contributed by atoms with Gasteiger partial charge in [0.1, 0.15) is 0 Å². The number of nitrogens with one attached hydrogen (secondary N) is 1. The maximum Gasteiger partial charge on any atom is 0.216 e. The SMILES string of the molecule is C=COCCCNC(C)=O. The molecule has 0 aliphatic carbocycles. The Morgan fingerprint density at radius 2 is 2.50 bits per heavy atom. The van der Waals surface area contributed by atoms with Crippen LogP contribution in [0, 0.1) is 0 Å². The van der Waals surface area contributed by atoms with Gasteiger partial charge in [-0.1, -0.05) is 6.58 Å². The van der Waals surface area contributed by atoms with Crippen molar-refractivity contribution in [3.63, 3.8) is 0 Å². The predicted molar refractivity (Wildman–Crippen MR) is 39.4 cm³/mol. The average molecular weight is 143 g/mol. The van der Waals surface area contributed by atoms with Gasteiger partial charge < -0.3 is 10.1 Å². The number of amides is 1. The molecule has 0 spiro atoms. The summed E-state index contributed by atoms with van der Waals surface area (Å²) < 4.78 is 4.83. The van der Waals surface area contributed by atoms with E-state index in [0.29, 0.717) is 13.2 Å². The topological polar surface area (TPSA) is 38.3 Å². The van der Waals surface area contributed by atoms with E-state index in [0.717, 1.165) is 6.42 Å². The van der Waals surface area contributed by atoms with Crippen molar-refractivity contribution in [1.82, 2.24) is 5.32 Å². The van der Waals surface area contributed by atoms with Gasteiger partial charge in [-0.3, -0.25) is 4.79 Å². The lowest BCUT2D eigenvalue weighted by Crippen LogP contribution is -2.21. The molecule has 1 amide bonds. The van der Waals surface area contributed by atoms with E-state index < -0.39 is 0 Å². The molecule has 3 nitrogen and oxygen atoms in total. The fourth-order valence-corrected chi connectivity index (χ4v) is 0.503. The Morgan fingerprint density at radius 1 is 1.80 bits per heavy atom. The number of carbonyl (C=O) groups excluding carboxylic acids is 1. The second kappa shape index (κ2) is 6.13. The Bertz CT molecular complexity index is 112. The predicted octanol–water partition coefficient (Wildman–Crippen LogP) is 0.673. The molecule has 0 radical (unpaired) electrons. The van der Waals surface area contributed by atoms with E-state index in [1.165, 1.54) is 13.2 Å². The number of ether oxygens (including phenoxy) is 1. The summed E-state index contributed by atoms with van der Waals surface area (Å²) in [6, 6.07) is 0. The van der Waals surface area contributed by atoms with Crippen LogP contribution in [-0.4, -0.2) is 19.1 Å². The minimum atomic E-state index is -0.00129. The summed E-state index contributed by atoms with van der Waals surface area (Å²) in [6.07, 6.45) is 2.22. The highest BCUT2D eigenvalue weighted by atomic mass is 16.5.